The highest BCUT2D eigenvalue weighted by Gasteiger charge is 2.26. The van der Waals surface area contributed by atoms with Crippen LogP contribution in [-0.4, -0.2) is 34.8 Å². The monoisotopic (exact) mass is 475 g/mol. The summed E-state index contributed by atoms with van der Waals surface area (Å²) < 4.78 is 27.3. The van der Waals surface area contributed by atoms with Crippen LogP contribution in [-0.2, 0) is 6.42 Å². The summed E-state index contributed by atoms with van der Waals surface area (Å²) in [5.41, 5.74) is 8.16. The lowest BCUT2D eigenvalue weighted by molar-refractivity contribution is 0.382. The minimum absolute atomic E-state index is 0.0394. The molecule has 0 saturated carbocycles. The third-order valence-electron chi connectivity index (χ3n) is 5.79. The van der Waals surface area contributed by atoms with Crippen LogP contribution in [0.5, 0.6) is 11.5 Å². The van der Waals surface area contributed by atoms with Gasteiger partial charge in [0.1, 0.15) is 23.1 Å². The first kappa shape index (κ1) is 23.7. The van der Waals surface area contributed by atoms with Crippen molar-refractivity contribution in [2.24, 2.45) is 5.73 Å². The number of benzene rings is 3. The Morgan fingerprint density at radius 1 is 1.11 bits per heavy atom. The molecule has 4 rings (SSSR count). The van der Waals surface area contributed by atoms with E-state index in [1.54, 1.807) is 48.5 Å². The molecule has 180 valence electrons. The molecule has 0 saturated heterocycles. The van der Waals surface area contributed by atoms with E-state index in [1.165, 1.54) is 18.9 Å². The Bertz CT molecular complexity index is 1430. The maximum Gasteiger partial charge on any atom is 0.348 e. The minimum Gasteiger partial charge on any atom is -0.494 e. The lowest BCUT2D eigenvalue weighted by Gasteiger charge is -2.18. The number of hydrogen-bond acceptors (Lipinski definition) is 5. The zero-order chi connectivity index (χ0) is 25.1. The van der Waals surface area contributed by atoms with E-state index >= 15 is 4.39 Å². The van der Waals surface area contributed by atoms with E-state index in [-0.39, 0.29) is 11.6 Å². The van der Waals surface area contributed by atoms with Crippen molar-refractivity contribution in [1.82, 2.24) is 14.8 Å². The average molecular weight is 476 g/mol. The van der Waals surface area contributed by atoms with Gasteiger partial charge in [0, 0.05) is 11.1 Å². The van der Waals surface area contributed by atoms with Crippen molar-refractivity contribution in [3.63, 3.8) is 0 Å². The number of amidine groups is 1. The Morgan fingerprint density at radius 2 is 1.80 bits per heavy atom. The highest BCUT2D eigenvalue weighted by atomic mass is 19.1. The van der Waals surface area contributed by atoms with Gasteiger partial charge < -0.3 is 15.2 Å². The van der Waals surface area contributed by atoms with E-state index in [4.69, 9.17) is 20.6 Å². The molecule has 0 aliphatic heterocycles. The van der Waals surface area contributed by atoms with Gasteiger partial charge in [-0.3, -0.25) is 10.4 Å². The number of nitrogens with one attached hydrogen (secondary N) is 2. The van der Waals surface area contributed by atoms with Crippen molar-refractivity contribution in [2.45, 2.75) is 19.3 Å². The Labute approximate surface area is 201 Å². The molecule has 0 aliphatic rings. The molecule has 0 amide bonds. The topological polar surface area (TPSA) is 119 Å². The second-order valence-corrected chi connectivity index (χ2v) is 8.14. The number of aromatic amines is 1. The van der Waals surface area contributed by atoms with Crippen molar-refractivity contribution in [3.05, 3.63) is 105 Å². The summed E-state index contributed by atoms with van der Waals surface area (Å²) in [5.74, 6) is -0.298. The molecule has 4 N–H and O–H groups in total. The number of aryl methyl sites for hydroxylation is 1. The lowest BCUT2D eigenvalue weighted by Crippen LogP contribution is -2.16. The van der Waals surface area contributed by atoms with Crippen molar-refractivity contribution in [3.8, 4) is 17.2 Å². The molecule has 35 heavy (non-hydrogen) atoms. The minimum atomic E-state index is -0.629. The maximum atomic E-state index is 15.5. The van der Waals surface area contributed by atoms with E-state index in [1.807, 2.05) is 19.1 Å². The van der Waals surface area contributed by atoms with E-state index < -0.39 is 17.4 Å². The summed E-state index contributed by atoms with van der Waals surface area (Å²) in [4.78, 5) is 15.7. The van der Waals surface area contributed by atoms with Gasteiger partial charge in [-0.2, -0.15) is 4.68 Å². The van der Waals surface area contributed by atoms with Gasteiger partial charge >= 0.3 is 5.69 Å². The number of aromatic nitrogens is 3. The summed E-state index contributed by atoms with van der Waals surface area (Å²) >= 11 is 0. The van der Waals surface area contributed by atoms with Gasteiger partial charge in [-0.25, -0.2) is 9.18 Å². The van der Waals surface area contributed by atoms with Gasteiger partial charge in [0.2, 0.25) is 0 Å². The van der Waals surface area contributed by atoms with Crippen LogP contribution in [0, 0.1) is 18.2 Å². The molecule has 0 aliphatic carbocycles. The Balaban J connectivity index is 1.85. The quantitative estimate of drug-likeness (QED) is 0.265. The first-order valence-electron chi connectivity index (χ1n) is 10.9. The number of methoxy groups -OCH3 is 2. The number of nitrogens with two attached hydrogens (primary N) is 1. The molecule has 1 atom stereocenters. The Kier molecular flexibility index (Phi) is 6.68. The van der Waals surface area contributed by atoms with Crippen LogP contribution in [0.4, 0.5) is 4.39 Å². The van der Waals surface area contributed by atoms with E-state index in [2.05, 4.69) is 10.1 Å². The van der Waals surface area contributed by atoms with Gasteiger partial charge in [-0.15, -0.1) is 5.10 Å². The van der Waals surface area contributed by atoms with Gasteiger partial charge in [-0.1, -0.05) is 42.5 Å². The Morgan fingerprint density at radius 3 is 2.46 bits per heavy atom. The molecule has 1 heterocycles. The van der Waals surface area contributed by atoms with Crippen LogP contribution >= 0.6 is 0 Å². The van der Waals surface area contributed by atoms with Crippen LogP contribution in [0.1, 0.15) is 34.0 Å². The summed E-state index contributed by atoms with van der Waals surface area (Å²) in [7, 11) is 2.93. The molecule has 0 radical (unpaired) electrons. The molecular formula is C26H26FN5O3. The predicted molar refractivity (Wildman–Crippen MR) is 131 cm³/mol. The van der Waals surface area contributed by atoms with Crippen molar-refractivity contribution < 1.29 is 13.9 Å². The number of nitrogens with zero attached hydrogens (tertiary/aromatic N) is 2. The SMILES string of the molecule is COc1ccccc1-n1nc(C(Cc2ccc(C(=N)N)cc2)c2cc(C)cc(OC)c2F)[nH]c1=O. The molecule has 8 nitrogen and oxygen atoms in total. The number of H-pyrrole nitrogens is 1. The number of hydrogen-bond donors (Lipinski definition) is 3. The summed E-state index contributed by atoms with van der Waals surface area (Å²) in [6.07, 6.45) is 0.334. The van der Waals surface area contributed by atoms with E-state index in [0.29, 0.717) is 34.8 Å². The summed E-state index contributed by atoms with van der Waals surface area (Å²) in [6, 6.07) is 17.5. The molecule has 0 bridgehead atoms. The largest absolute Gasteiger partial charge is 0.494 e. The molecule has 1 aromatic heterocycles. The number of rotatable bonds is 8. The van der Waals surface area contributed by atoms with Crippen molar-refractivity contribution in [2.75, 3.05) is 14.2 Å². The van der Waals surface area contributed by atoms with Crippen LogP contribution < -0.4 is 20.9 Å². The molecule has 4 aromatic rings. The zero-order valence-corrected chi connectivity index (χ0v) is 19.6. The third-order valence-corrected chi connectivity index (χ3v) is 5.79. The molecule has 0 fully saturated rings. The number of halogens is 1. The smallest absolute Gasteiger partial charge is 0.348 e. The molecule has 9 heteroatoms. The zero-order valence-electron chi connectivity index (χ0n) is 19.6. The van der Waals surface area contributed by atoms with E-state index in [9.17, 15) is 4.79 Å². The third kappa shape index (κ3) is 4.79. The second kappa shape index (κ2) is 9.84. The lowest BCUT2D eigenvalue weighted by atomic mass is 9.89. The highest BCUT2D eigenvalue weighted by Crippen LogP contribution is 2.33. The standard InChI is InChI=1S/C26H26FN5O3/c1-15-12-18(23(27)22(13-15)35-3)19(14-16-8-10-17(11-9-16)24(28)29)25-30-26(33)32(31-25)20-6-4-5-7-21(20)34-2/h4-13,19H,14H2,1-3H3,(H3,28,29)(H,30,31,33). The van der Waals surface area contributed by atoms with Gasteiger partial charge in [0.15, 0.2) is 11.6 Å². The summed E-state index contributed by atoms with van der Waals surface area (Å²) in [6.45, 7) is 1.85. The van der Waals surface area contributed by atoms with Crippen molar-refractivity contribution in [1.29, 1.82) is 5.41 Å². The fourth-order valence-corrected chi connectivity index (χ4v) is 4.04. The van der Waals surface area contributed by atoms with E-state index in [0.717, 1.165) is 11.1 Å². The first-order valence-corrected chi connectivity index (χ1v) is 10.9. The normalized spacial score (nSPS) is 11.8. The van der Waals surface area contributed by atoms with Gasteiger partial charge in [0.05, 0.1) is 20.1 Å². The van der Waals surface area contributed by atoms with Gasteiger partial charge in [-0.05, 0) is 42.7 Å². The highest BCUT2D eigenvalue weighted by molar-refractivity contribution is 5.94. The first-order chi connectivity index (χ1) is 16.8. The van der Waals surface area contributed by atoms with Crippen LogP contribution in [0.2, 0.25) is 0 Å². The number of para-hydroxylation sites is 2. The maximum absolute atomic E-state index is 15.5. The Hall–Kier alpha value is -4.40. The second-order valence-electron chi connectivity index (χ2n) is 8.14. The number of nitrogen functional groups attached to an aromatic ring is 1. The fraction of sp³-hybridized carbons (Fsp3) is 0.192. The molecule has 3 aromatic carbocycles. The van der Waals surface area contributed by atoms with Gasteiger partial charge in [0.25, 0.3) is 0 Å². The van der Waals surface area contributed by atoms with Crippen LogP contribution in [0.15, 0.2) is 65.5 Å². The number of ether oxygens (including phenoxy) is 2. The van der Waals surface area contributed by atoms with Crippen molar-refractivity contribution >= 4 is 5.84 Å². The fourth-order valence-electron chi connectivity index (χ4n) is 4.04. The van der Waals surface area contributed by atoms with Crippen LogP contribution in [0.3, 0.4) is 0 Å². The predicted octanol–water partition coefficient (Wildman–Crippen LogP) is 3.68. The molecule has 1 unspecified atom stereocenters. The summed E-state index contributed by atoms with van der Waals surface area (Å²) in [5, 5.41) is 12.1. The molecule has 0 spiro atoms. The molecular weight excluding hydrogens is 449 g/mol. The average Bonchev–Trinajstić information content (AvgIpc) is 3.25. The van der Waals surface area contributed by atoms with Crippen LogP contribution in [0.25, 0.3) is 5.69 Å².